The van der Waals surface area contributed by atoms with E-state index in [0.29, 0.717) is 5.56 Å². The number of thiophene rings is 1. The third kappa shape index (κ3) is 5.38. The van der Waals surface area contributed by atoms with Gasteiger partial charge in [0, 0.05) is 48.4 Å². The molecule has 0 saturated carbocycles. The minimum Gasteiger partial charge on any atom is -0.497 e. The van der Waals surface area contributed by atoms with Crippen molar-refractivity contribution >= 4 is 28.1 Å². The second-order valence-electron chi connectivity index (χ2n) is 9.23. The van der Waals surface area contributed by atoms with E-state index in [1.165, 1.54) is 21.6 Å². The first-order valence-corrected chi connectivity index (χ1v) is 13.4. The first-order valence-electron chi connectivity index (χ1n) is 12.6. The molecule has 1 atom stereocenters. The van der Waals surface area contributed by atoms with Gasteiger partial charge in [-0.2, -0.15) is 0 Å². The van der Waals surface area contributed by atoms with Crippen LogP contribution in [0.4, 0.5) is 10.8 Å². The number of piperazine rings is 1. The molecular formula is C30H32N4O2S. The molecule has 190 valence electrons. The van der Waals surface area contributed by atoms with Gasteiger partial charge in [0.2, 0.25) is 0 Å². The lowest BCUT2D eigenvalue weighted by Crippen LogP contribution is -2.48. The molecule has 2 aromatic carbocycles. The second-order valence-corrected chi connectivity index (χ2v) is 10.5. The van der Waals surface area contributed by atoms with Gasteiger partial charge in [-0.25, -0.2) is 4.98 Å². The number of nitrogens with zero attached hydrogens (tertiary/aromatic N) is 3. The number of pyridine rings is 1. The Bertz CT molecular complexity index is 1330. The molecule has 0 aliphatic carbocycles. The molecule has 0 bridgehead atoms. The summed E-state index contributed by atoms with van der Waals surface area (Å²) in [6.45, 7) is 7.84. The van der Waals surface area contributed by atoms with Gasteiger partial charge in [-0.15, -0.1) is 11.3 Å². The lowest BCUT2D eigenvalue weighted by atomic mass is 9.94. The highest BCUT2D eigenvalue weighted by atomic mass is 32.1. The van der Waals surface area contributed by atoms with Crippen LogP contribution in [-0.2, 0) is 0 Å². The molecule has 0 radical (unpaired) electrons. The monoisotopic (exact) mass is 512 g/mol. The van der Waals surface area contributed by atoms with Crippen molar-refractivity contribution in [3.63, 3.8) is 0 Å². The van der Waals surface area contributed by atoms with Gasteiger partial charge in [-0.3, -0.25) is 9.69 Å². The number of aromatic nitrogens is 1. The summed E-state index contributed by atoms with van der Waals surface area (Å²) in [7, 11) is 1.69. The minimum absolute atomic E-state index is 0.00723. The molecule has 37 heavy (non-hydrogen) atoms. The predicted octanol–water partition coefficient (Wildman–Crippen LogP) is 5.93. The van der Waals surface area contributed by atoms with Gasteiger partial charge in [0.05, 0.1) is 13.2 Å². The van der Waals surface area contributed by atoms with Gasteiger partial charge in [0.25, 0.3) is 5.91 Å². The van der Waals surface area contributed by atoms with Crippen LogP contribution in [0.2, 0.25) is 0 Å². The molecular weight excluding hydrogens is 480 g/mol. The predicted molar refractivity (Wildman–Crippen MR) is 151 cm³/mol. The van der Waals surface area contributed by atoms with Crippen LogP contribution >= 0.6 is 11.3 Å². The Morgan fingerprint density at radius 3 is 2.30 bits per heavy atom. The van der Waals surface area contributed by atoms with Crippen molar-refractivity contribution in [1.82, 2.24) is 9.88 Å². The van der Waals surface area contributed by atoms with Gasteiger partial charge in [-0.1, -0.05) is 36.4 Å². The Labute approximate surface area is 222 Å². The van der Waals surface area contributed by atoms with E-state index in [2.05, 4.69) is 52.1 Å². The van der Waals surface area contributed by atoms with Crippen LogP contribution < -0.4 is 15.0 Å². The number of hydrogen-bond donors (Lipinski definition) is 1. The summed E-state index contributed by atoms with van der Waals surface area (Å²) in [6, 6.07) is 23.8. The number of methoxy groups -OCH3 is 1. The fraction of sp³-hybridized carbons (Fsp3) is 0.267. The van der Waals surface area contributed by atoms with E-state index in [9.17, 15) is 4.79 Å². The average Bonchev–Trinajstić information content (AvgIpc) is 3.22. The Morgan fingerprint density at radius 1 is 0.946 bits per heavy atom. The molecule has 1 aliphatic rings. The number of hydrogen-bond acceptors (Lipinski definition) is 6. The number of anilines is 2. The molecule has 1 saturated heterocycles. The molecule has 7 heteroatoms. The molecule has 5 rings (SSSR count). The number of nitrogens with one attached hydrogen (secondary N) is 1. The zero-order chi connectivity index (χ0) is 25.8. The Balaban J connectivity index is 1.49. The average molecular weight is 513 g/mol. The van der Waals surface area contributed by atoms with E-state index in [4.69, 9.17) is 4.74 Å². The molecule has 1 aliphatic heterocycles. The van der Waals surface area contributed by atoms with Crippen LogP contribution in [0.25, 0.3) is 0 Å². The summed E-state index contributed by atoms with van der Waals surface area (Å²) in [5.74, 6) is 1.76. The number of ether oxygens (including phenoxy) is 1. The highest BCUT2D eigenvalue weighted by Crippen LogP contribution is 2.43. The van der Waals surface area contributed by atoms with Crippen molar-refractivity contribution < 1.29 is 9.53 Å². The van der Waals surface area contributed by atoms with E-state index in [-0.39, 0.29) is 11.9 Å². The van der Waals surface area contributed by atoms with Crippen LogP contribution in [0.5, 0.6) is 5.75 Å². The fourth-order valence-corrected chi connectivity index (χ4v) is 6.02. The molecule has 0 spiro atoms. The topological polar surface area (TPSA) is 57.7 Å². The summed E-state index contributed by atoms with van der Waals surface area (Å²) in [5.41, 5.74) is 4.23. The Hall–Kier alpha value is -3.68. The maximum absolute atomic E-state index is 13.2. The normalized spacial score (nSPS) is 14.8. The molecule has 2 aromatic heterocycles. The number of amides is 1. The van der Waals surface area contributed by atoms with E-state index in [1.54, 1.807) is 18.4 Å². The van der Waals surface area contributed by atoms with E-state index >= 15 is 0 Å². The number of benzene rings is 2. The van der Waals surface area contributed by atoms with Gasteiger partial charge in [0.1, 0.15) is 16.6 Å². The fourth-order valence-electron chi connectivity index (χ4n) is 4.93. The molecule has 1 amide bonds. The van der Waals surface area contributed by atoms with Crippen molar-refractivity contribution in [2.24, 2.45) is 0 Å². The molecule has 1 fully saturated rings. The van der Waals surface area contributed by atoms with Gasteiger partial charge in [-0.05, 0) is 61.4 Å². The molecule has 4 aromatic rings. The molecule has 3 heterocycles. The highest BCUT2D eigenvalue weighted by Gasteiger charge is 2.32. The summed E-state index contributed by atoms with van der Waals surface area (Å²) < 4.78 is 5.43. The highest BCUT2D eigenvalue weighted by molar-refractivity contribution is 7.16. The second kappa shape index (κ2) is 11.2. The largest absolute Gasteiger partial charge is 0.497 e. The van der Waals surface area contributed by atoms with E-state index in [1.807, 2.05) is 60.8 Å². The van der Waals surface area contributed by atoms with Gasteiger partial charge >= 0.3 is 0 Å². The number of carbonyl (C=O) groups is 1. The van der Waals surface area contributed by atoms with E-state index < -0.39 is 0 Å². The summed E-state index contributed by atoms with van der Waals surface area (Å²) in [6.07, 6.45) is 1.85. The van der Waals surface area contributed by atoms with Crippen LogP contribution in [0.3, 0.4) is 0 Å². The first kappa shape index (κ1) is 25.0. The summed E-state index contributed by atoms with van der Waals surface area (Å²) in [5, 5.41) is 4.16. The summed E-state index contributed by atoms with van der Waals surface area (Å²) in [4.78, 5) is 23.8. The van der Waals surface area contributed by atoms with E-state index in [0.717, 1.165) is 42.7 Å². The lowest BCUT2D eigenvalue weighted by Gasteiger charge is -2.40. The van der Waals surface area contributed by atoms with Crippen LogP contribution in [0.1, 0.15) is 38.0 Å². The SMILES string of the molecule is COc1ccc([C@H](c2c(NC(=O)c3ccccc3)sc(C)c2C)N2CCN(c3ccccn3)CC2)cc1. The maximum Gasteiger partial charge on any atom is 0.256 e. The van der Waals surface area contributed by atoms with Crippen molar-refractivity contribution in [2.75, 3.05) is 43.5 Å². The van der Waals surface area contributed by atoms with Crippen molar-refractivity contribution in [3.05, 3.63) is 106 Å². The number of aryl methyl sites for hydroxylation is 1. The van der Waals surface area contributed by atoms with Crippen molar-refractivity contribution in [3.8, 4) is 5.75 Å². The smallest absolute Gasteiger partial charge is 0.256 e. The standard InChI is InChI=1S/C30H32N4O2S/c1-21-22(2)37-30(32-29(35)24-9-5-4-6-10-24)27(21)28(23-12-14-25(36-3)15-13-23)34-19-17-33(18-20-34)26-11-7-8-16-31-26/h4-16,28H,17-20H2,1-3H3,(H,32,35)/t28-/m1/s1. The lowest BCUT2D eigenvalue weighted by molar-refractivity contribution is 0.102. The zero-order valence-electron chi connectivity index (χ0n) is 21.5. The Kier molecular flexibility index (Phi) is 7.53. The van der Waals surface area contributed by atoms with Crippen LogP contribution in [0.15, 0.2) is 79.0 Å². The van der Waals surface area contributed by atoms with Crippen molar-refractivity contribution in [1.29, 1.82) is 0 Å². The first-order chi connectivity index (χ1) is 18.0. The minimum atomic E-state index is -0.0865. The number of rotatable bonds is 7. The third-order valence-corrected chi connectivity index (χ3v) is 8.19. The zero-order valence-corrected chi connectivity index (χ0v) is 22.3. The van der Waals surface area contributed by atoms with Gasteiger partial charge < -0.3 is 15.0 Å². The van der Waals surface area contributed by atoms with Crippen LogP contribution in [0, 0.1) is 13.8 Å². The van der Waals surface area contributed by atoms with Crippen molar-refractivity contribution in [2.45, 2.75) is 19.9 Å². The molecule has 6 nitrogen and oxygen atoms in total. The Morgan fingerprint density at radius 2 is 1.65 bits per heavy atom. The maximum atomic E-state index is 13.2. The summed E-state index contributed by atoms with van der Waals surface area (Å²) >= 11 is 1.65. The third-order valence-electron chi connectivity index (χ3n) is 7.05. The van der Waals surface area contributed by atoms with Crippen LogP contribution in [-0.4, -0.2) is 49.1 Å². The van der Waals surface area contributed by atoms with Gasteiger partial charge in [0.15, 0.2) is 0 Å². The number of carbonyl (C=O) groups excluding carboxylic acids is 1. The quantitative estimate of drug-likeness (QED) is 0.333. The molecule has 1 N–H and O–H groups in total. The molecule has 0 unspecified atom stereocenters.